The van der Waals surface area contributed by atoms with Gasteiger partial charge in [-0.25, -0.2) is 9.67 Å². The van der Waals surface area contributed by atoms with E-state index in [2.05, 4.69) is 20.7 Å². The molecule has 1 unspecified atom stereocenters. The summed E-state index contributed by atoms with van der Waals surface area (Å²) in [5.41, 5.74) is 0. The van der Waals surface area contributed by atoms with Gasteiger partial charge in [-0.05, 0) is 30.4 Å². The van der Waals surface area contributed by atoms with E-state index in [0.29, 0.717) is 17.7 Å². The SMILES string of the molecule is CNC1=CC(C(=O)NC2CCCCC2)c2nc(-c3cccs3)nn21. The third kappa shape index (κ3) is 2.73. The standard InChI is InChI=1S/C17H21N5OS/c1-18-14-10-12(17(23)19-11-6-3-2-4-7-11)16-20-15(21-22(14)16)13-8-5-9-24-13/h5,8-12,18H,2-4,6-7H2,1H3,(H,19,23). The van der Waals surface area contributed by atoms with Crippen LogP contribution in [0.1, 0.15) is 43.8 Å². The molecule has 0 saturated heterocycles. The number of rotatable bonds is 4. The Bertz CT molecular complexity index is 758. The van der Waals surface area contributed by atoms with Crippen molar-refractivity contribution >= 4 is 23.1 Å². The van der Waals surface area contributed by atoms with Gasteiger partial charge in [-0.15, -0.1) is 16.4 Å². The van der Waals surface area contributed by atoms with Crippen molar-refractivity contribution in [3.8, 4) is 10.7 Å². The number of fused-ring (bicyclic) bond motifs is 1. The van der Waals surface area contributed by atoms with Gasteiger partial charge in [-0.2, -0.15) is 0 Å². The highest BCUT2D eigenvalue weighted by atomic mass is 32.1. The summed E-state index contributed by atoms with van der Waals surface area (Å²) in [5, 5.41) is 12.9. The van der Waals surface area contributed by atoms with E-state index in [9.17, 15) is 4.79 Å². The van der Waals surface area contributed by atoms with Crippen LogP contribution in [0.25, 0.3) is 16.5 Å². The number of aromatic nitrogens is 3. The lowest BCUT2D eigenvalue weighted by molar-refractivity contribution is -0.122. The second-order valence-corrected chi connectivity index (χ2v) is 7.25. The fourth-order valence-corrected chi connectivity index (χ4v) is 4.09. The molecule has 1 amide bonds. The zero-order chi connectivity index (χ0) is 16.5. The summed E-state index contributed by atoms with van der Waals surface area (Å²) in [6.07, 6.45) is 7.74. The molecule has 2 aromatic heterocycles. The van der Waals surface area contributed by atoms with Crippen molar-refractivity contribution in [3.05, 3.63) is 29.4 Å². The Balaban J connectivity index is 1.59. The first-order chi connectivity index (χ1) is 11.8. The molecule has 0 radical (unpaired) electrons. The van der Waals surface area contributed by atoms with Crippen LogP contribution in [-0.2, 0) is 4.79 Å². The Morgan fingerprint density at radius 1 is 1.33 bits per heavy atom. The molecule has 3 heterocycles. The molecule has 1 aliphatic carbocycles. The van der Waals surface area contributed by atoms with Crippen LogP contribution in [0, 0.1) is 0 Å². The van der Waals surface area contributed by atoms with E-state index < -0.39 is 0 Å². The minimum absolute atomic E-state index is 0.0264. The maximum Gasteiger partial charge on any atom is 0.235 e. The van der Waals surface area contributed by atoms with Gasteiger partial charge in [0, 0.05) is 13.1 Å². The van der Waals surface area contributed by atoms with Crippen LogP contribution in [0.3, 0.4) is 0 Å². The summed E-state index contributed by atoms with van der Waals surface area (Å²) in [4.78, 5) is 18.4. The van der Waals surface area contributed by atoms with Gasteiger partial charge < -0.3 is 10.6 Å². The maximum absolute atomic E-state index is 12.8. The zero-order valence-electron chi connectivity index (χ0n) is 13.7. The van der Waals surface area contributed by atoms with Crippen molar-refractivity contribution in [2.24, 2.45) is 0 Å². The summed E-state index contributed by atoms with van der Waals surface area (Å²) in [5.74, 6) is 1.82. The van der Waals surface area contributed by atoms with Gasteiger partial charge in [0.2, 0.25) is 5.91 Å². The van der Waals surface area contributed by atoms with E-state index in [-0.39, 0.29) is 11.8 Å². The van der Waals surface area contributed by atoms with Gasteiger partial charge in [-0.1, -0.05) is 25.3 Å². The monoisotopic (exact) mass is 343 g/mol. The summed E-state index contributed by atoms with van der Waals surface area (Å²) in [6.45, 7) is 0. The maximum atomic E-state index is 12.8. The van der Waals surface area contributed by atoms with E-state index in [0.717, 1.165) is 23.5 Å². The molecule has 1 saturated carbocycles. The fourth-order valence-electron chi connectivity index (χ4n) is 3.44. The Hall–Kier alpha value is -2.15. The molecule has 0 spiro atoms. The average molecular weight is 343 g/mol. The van der Waals surface area contributed by atoms with E-state index in [1.165, 1.54) is 19.3 Å². The third-order valence-electron chi connectivity index (χ3n) is 4.69. The Kier molecular flexibility index (Phi) is 4.10. The van der Waals surface area contributed by atoms with Crippen molar-refractivity contribution in [3.63, 3.8) is 0 Å². The third-order valence-corrected chi connectivity index (χ3v) is 5.56. The predicted molar refractivity (Wildman–Crippen MR) is 94.4 cm³/mol. The minimum atomic E-state index is -0.379. The number of hydrogen-bond donors (Lipinski definition) is 2. The molecule has 7 heteroatoms. The first-order valence-corrected chi connectivity index (χ1v) is 9.35. The van der Waals surface area contributed by atoms with Crippen LogP contribution in [0.2, 0.25) is 0 Å². The number of thiophene rings is 1. The van der Waals surface area contributed by atoms with Crippen LogP contribution < -0.4 is 10.6 Å². The van der Waals surface area contributed by atoms with Crippen LogP contribution in [0.5, 0.6) is 0 Å². The quantitative estimate of drug-likeness (QED) is 0.895. The van der Waals surface area contributed by atoms with Gasteiger partial charge in [-0.3, -0.25) is 4.79 Å². The van der Waals surface area contributed by atoms with E-state index in [1.54, 1.807) is 16.0 Å². The fraction of sp³-hybridized carbons (Fsp3) is 0.471. The smallest absolute Gasteiger partial charge is 0.235 e. The number of carbonyl (C=O) groups is 1. The molecule has 4 rings (SSSR count). The van der Waals surface area contributed by atoms with Crippen LogP contribution >= 0.6 is 11.3 Å². The topological polar surface area (TPSA) is 71.8 Å². The van der Waals surface area contributed by atoms with Gasteiger partial charge in [0.05, 0.1) is 4.88 Å². The number of nitrogens with one attached hydrogen (secondary N) is 2. The molecule has 1 aliphatic heterocycles. The molecule has 2 aromatic rings. The molecule has 24 heavy (non-hydrogen) atoms. The van der Waals surface area contributed by atoms with Crippen molar-refractivity contribution in [2.75, 3.05) is 7.05 Å². The minimum Gasteiger partial charge on any atom is -0.373 e. The molecule has 6 nitrogen and oxygen atoms in total. The normalized spacial score (nSPS) is 20.5. The average Bonchev–Trinajstić information content (AvgIpc) is 3.31. The van der Waals surface area contributed by atoms with Crippen molar-refractivity contribution in [2.45, 2.75) is 44.1 Å². The molecular formula is C17H21N5OS. The second-order valence-electron chi connectivity index (χ2n) is 6.31. The lowest BCUT2D eigenvalue weighted by Crippen LogP contribution is -2.38. The molecule has 0 aromatic carbocycles. The van der Waals surface area contributed by atoms with Crippen LogP contribution in [-0.4, -0.2) is 33.8 Å². The van der Waals surface area contributed by atoms with E-state index >= 15 is 0 Å². The van der Waals surface area contributed by atoms with Crippen LogP contribution in [0.15, 0.2) is 23.6 Å². The van der Waals surface area contributed by atoms with Gasteiger partial charge >= 0.3 is 0 Å². The molecule has 1 fully saturated rings. The van der Waals surface area contributed by atoms with Gasteiger partial charge in [0.15, 0.2) is 11.6 Å². The highest BCUT2D eigenvalue weighted by molar-refractivity contribution is 7.13. The number of nitrogens with zero attached hydrogens (tertiary/aromatic N) is 3. The number of hydrogen-bond acceptors (Lipinski definition) is 5. The summed E-state index contributed by atoms with van der Waals surface area (Å²) in [7, 11) is 1.84. The molecule has 1 atom stereocenters. The zero-order valence-corrected chi connectivity index (χ0v) is 14.5. The summed E-state index contributed by atoms with van der Waals surface area (Å²) in [6, 6.07) is 4.27. The predicted octanol–water partition coefficient (Wildman–Crippen LogP) is 2.57. The summed E-state index contributed by atoms with van der Waals surface area (Å²) < 4.78 is 1.75. The van der Waals surface area contributed by atoms with E-state index in [1.807, 2.05) is 30.6 Å². The van der Waals surface area contributed by atoms with Crippen molar-refractivity contribution in [1.82, 2.24) is 25.4 Å². The Labute approximate surface area is 145 Å². The van der Waals surface area contributed by atoms with Crippen LogP contribution in [0.4, 0.5) is 0 Å². The van der Waals surface area contributed by atoms with E-state index in [4.69, 9.17) is 0 Å². The van der Waals surface area contributed by atoms with Crippen molar-refractivity contribution < 1.29 is 4.79 Å². The molecule has 2 aliphatic rings. The Morgan fingerprint density at radius 3 is 2.88 bits per heavy atom. The largest absolute Gasteiger partial charge is 0.373 e. The first kappa shape index (κ1) is 15.4. The first-order valence-electron chi connectivity index (χ1n) is 8.47. The number of carbonyl (C=O) groups excluding carboxylic acids is 1. The highest BCUT2D eigenvalue weighted by Gasteiger charge is 2.33. The Morgan fingerprint density at radius 2 is 2.17 bits per heavy atom. The molecule has 126 valence electrons. The van der Waals surface area contributed by atoms with Crippen molar-refractivity contribution in [1.29, 1.82) is 0 Å². The molecule has 0 bridgehead atoms. The van der Waals surface area contributed by atoms with Gasteiger partial charge in [0.25, 0.3) is 0 Å². The number of amides is 1. The molecule has 2 N–H and O–H groups in total. The molecular weight excluding hydrogens is 322 g/mol. The lowest BCUT2D eigenvalue weighted by Gasteiger charge is -2.23. The summed E-state index contributed by atoms with van der Waals surface area (Å²) >= 11 is 1.60. The highest BCUT2D eigenvalue weighted by Crippen LogP contribution is 2.31. The van der Waals surface area contributed by atoms with Gasteiger partial charge in [0.1, 0.15) is 11.7 Å². The second kappa shape index (κ2) is 6.39. The lowest BCUT2D eigenvalue weighted by atomic mass is 9.95.